The molecule has 0 spiro atoms. The molecule has 0 aromatic heterocycles. The third kappa shape index (κ3) is 11.9. The average Bonchev–Trinajstić information content (AvgIpc) is 1.91. The molecule has 0 radical (unpaired) electrons. The quantitative estimate of drug-likeness (QED) is 0.554. The smallest absolute Gasteiger partial charge is 0.870 e. The molecule has 0 bridgehead atoms. The summed E-state index contributed by atoms with van der Waals surface area (Å²) < 4.78 is 0. The van der Waals surface area contributed by atoms with Crippen LogP contribution in [0.25, 0.3) is 0 Å². The molecular weight excluding hydrogens is 151 g/mol. The van der Waals surface area contributed by atoms with Crippen LogP contribution < -0.4 is 0 Å². The maximum atomic E-state index is 4.85. The summed E-state index contributed by atoms with van der Waals surface area (Å²) in [6.07, 6.45) is 0.750. The normalized spacial score (nSPS) is 6.67. The predicted octanol–water partition coefficient (Wildman–Crippen LogP) is 2.23. The first-order valence-electron chi connectivity index (χ1n) is 3.53. The van der Waals surface area contributed by atoms with Gasteiger partial charge in [-0.15, -0.1) is 0 Å². The third-order valence-corrected chi connectivity index (χ3v) is 0.940. The summed E-state index contributed by atoms with van der Waals surface area (Å²) >= 11 is 0. The van der Waals surface area contributed by atoms with Crippen LogP contribution in [0.15, 0.2) is 30.3 Å². The first kappa shape index (κ1) is 17.3. The van der Waals surface area contributed by atoms with Gasteiger partial charge in [0.05, 0.1) is 0 Å². The summed E-state index contributed by atoms with van der Waals surface area (Å²) in [5.74, 6) is 0. The van der Waals surface area contributed by atoms with Crippen LogP contribution in [0, 0.1) is 6.92 Å². The molecule has 0 aliphatic heterocycles. The van der Waals surface area contributed by atoms with Gasteiger partial charge < -0.3 is 11.0 Å². The Morgan fingerprint density at radius 3 is 1.58 bits per heavy atom. The van der Waals surface area contributed by atoms with E-state index in [9.17, 15) is 0 Å². The van der Waals surface area contributed by atoms with Crippen LogP contribution in [0.4, 0.5) is 0 Å². The van der Waals surface area contributed by atoms with E-state index in [-0.39, 0.29) is 11.0 Å². The molecule has 1 aromatic rings. The second-order valence-corrected chi connectivity index (χ2v) is 2.06. The fraction of sp³-hybridized carbons (Fsp3) is 0.333. The van der Waals surface area contributed by atoms with Crippen LogP contribution in [0.5, 0.6) is 0 Å². The molecule has 0 aliphatic rings. The molecule has 2 N–H and O–H groups in total. The van der Waals surface area contributed by atoms with E-state index < -0.39 is 0 Å². The molecule has 0 heterocycles. The zero-order valence-electron chi connectivity index (χ0n) is 7.57. The van der Waals surface area contributed by atoms with Crippen molar-refractivity contribution in [3.8, 4) is 0 Å². The SMILES string of the molecule is Cc1ccccc1.[B+2]CC.[OH-].[OH-]. The van der Waals surface area contributed by atoms with Crippen molar-refractivity contribution in [1.29, 1.82) is 0 Å². The standard InChI is InChI=1S/C7H8.C2H5B.2H2O/c1-7-5-3-2-4-6-7;1-2-3;;/h2-6H,1H3;2H2,1H3;2*1H2/q;+2;;/p-2. The first-order chi connectivity index (χ1) is 4.81. The van der Waals surface area contributed by atoms with Gasteiger partial charge in [-0.05, 0) is 6.92 Å². The van der Waals surface area contributed by atoms with Crippen molar-refractivity contribution in [3.63, 3.8) is 0 Å². The van der Waals surface area contributed by atoms with Gasteiger partial charge in [0, 0.05) is 0 Å². The Hall–Kier alpha value is -0.795. The largest absolute Gasteiger partial charge is 0.870 e. The van der Waals surface area contributed by atoms with Crippen LogP contribution in [0.3, 0.4) is 0 Å². The van der Waals surface area contributed by atoms with Gasteiger partial charge >= 0.3 is 21.1 Å². The van der Waals surface area contributed by atoms with E-state index in [4.69, 9.17) is 7.85 Å². The Labute approximate surface area is 75.6 Å². The number of aryl methyl sites for hydroxylation is 1. The van der Waals surface area contributed by atoms with E-state index in [0.29, 0.717) is 0 Å². The summed E-state index contributed by atoms with van der Waals surface area (Å²) in [6.45, 7) is 3.99. The van der Waals surface area contributed by atoms with E-state index in [1.54, 1.807) is 0 Å². The van der Waals surface area contributed by atoms with Gasteiger partial charge in [-0.25, -0.2) is 0 Å². The molecule has 0 amide bonds. The zero-order chi connectivity index (χ0) is 7.82. The van der Waals surface area contributed by atoms with E-state index in [0.717, 1.165) is 6.32 Å². The minimum atomic E-state index is 0. The van der Waals surface area contributed by atoms with Crippen molar-refractivity contribution in [2.45, 2.75) is 20.2 Å². The molecule has 0 aliphatic carbocycles. The fourth-order valence-electron chi connectivity index (χ4n) is 0.534. The molecule has 2 nitrogen and oxygen atoms in total. The Balaban J connectivity index is -0.000000146. The number of rotatable bonds is 0. The van der Waals surface area contributed by atoms with Crippen molar-refractivity contribution in [3.05, 3.63) is 35.9 Å². The zero-order valence-corrected chi connectivity index (χ0v) is 7.57. The second kappa shape index (κ2) is 12.8. The van der Waals surface area contributed by atoms with E-state index in [2.05, 4.69) is 19.1 Å². The van der Waals surface area contributed by atoms with E-state index in [1.807, 2.05) is 25.1 Å². The third-order valence-electron chi connectivity index (χ3n) is 0.940. The van der Waals surface area contributed by atoms with Crippen molar-refractivity contribution >= 4 is 7.85 Å². The molecule has 12 heavy (non-hydrogen) atoms. The van der Waals surface area contributed by atoms with Crippen LogP contribution >= 0.6 is 0 Å². The summed E-state index contributed by atoms with van der Waals surface area (Å²) in [6, 6.07) is 10.3. The van der Waals surface area contributed by atoms with Crippen molar-refractivity contribution in [2.24, 2.45) is 0 Å². The molecule has 3 heteroatoms. The minimum absolute atomic E-state index is 0. The van der Waals surface area contributed by atoms with Crippen LogP contribution in [0.2, 0.25) is 6.32 Å². The van der Waals surface area contributed by atoms with Gasteiger partial charge in [0.15, 0.2) is 0 Å². The summed E-state index contributed by atoms with van der Waals surface area (Å²) in [4.78, 5) is 0. The topological polar surface area (TPSA) is 60.0 Å². The second-order valence-electron chi connectivity index (χ2n) is 2.06. The predicted molar refractivity (Wildman–Crippen MR) is 51.3 cm³/mol. The van der Waals surface area contributed by atoms with Crippen molar-refractivity contribution in [2.75, 3.05) is 0 Å². The molecule has 0 atom stereocenters. The average molecular weight is 166 g/mol. The summed E-state index contributed by atoms with van der Waals surface area (Å²) in [7, 11) is 4.85. The monoisotopic (exact) mass is 166 g/mol. The van der Waals surface area contributed by atoms with Gasteiger partial charge in [0.2, 0.25) is 0 Å². The fourth-order valence-corrected chi connectivity index (χ4v) is 0.534. The molecule has 0 saturated heterocycles. The maximum absolute atomic E-state index is 4.85. The summed E-state index contributed by atoms with van der Waals surface area (Å²) in [5, 5.41) is 0. The minimum Gasteiger partial charge on any atom is -0.870 e. The summed E-state index contributed by atoms with van der Waals surface area (Å²) in [5.41, 5.74) is 1.32. The number of hydrogen-bond donors (Lipinski definition) is 0. The van der Waals surface area contributed by atoms with Crippen LogP contribution in [-0.2, 0) is 0 Å². The molecule has 66 valence electrons. The van der Waals surface area contributed by atoms with Gasteiger partial charge in [0.25, 0.3) is 0 Å². The maximum Gasteiger partial charge on any atom is -0.870 e. The van der Waals surface area contributed by atoms with Crippen molar-refractivity contribution < 1.29 is 11.0 Å². The molecule has 0 fully saturated rings. The Morgan fingerprint density at radius 2 is 1.42 bits per heavy atom. The molecule has 0 saturated carbocycles. The van der Waals surface area contributed by atoms with E-state index >= 15 is 0 Å². The molecule has 0 unspecified atom stereocenters. The van der Waals surface area contributed by atoms with Gasteiger partial charge in [-0.2, -0.15) is 0 Å². The van der Waals surface area contributed by atoms with E-state index in [1.165, 1.54) is 5.56 Å². The van der Waals surface area contributed by atoms with Crippen LogP contribution in [0.1, 0.15) is 12.5 Å². The molecular formula is C9H15BO2. The van der Waals surface area contributed by atoms with Gasteiger partial charge in [-0.1, -0.05) is 35.9 Å². The Kier molecular flexibility index (Phi) is 18.6. The first-order valence-corrected chi connectivity index (χ1v) is 3.53. The van der Waals surface area contributed by atoms with Gasteiger partial charge in [0.1, 0.15) is 0 Å². The Bertz CT molecular complexity index is 154. The Morgan fingerprint density at radius 1 is 1.08 bits per heavy atom. The van der Waals surface area contributed by atoms with Gasteiger partial charge in [-0.3, -0.25) is 0 Å². The van der Waals surface area contributed by atoms with Crippen molar-refractivity contribution in [1.82, 2.24) is 0 Å². The number of benzene rings is 1. The van der Waals surface area contributed by atoms with Crippen LogP contribution in [-0.4, -0.2) is 18.8 Å². The number of hydrogen-bond acceptors (Lipinski definition) is 2. The molecule has 1 aromatic carbocycles. The molecule has 1 rings (SSSR count).